The SMILES string of the molecule is COCCN1CCN(c2nc(SCCc3ccccc3)c(C#N)c(CC(C)C)c2CO)CC1. The van der Waals surface area contributed by atoms with Crippen LogP contribution in [0.4, 0.5) is 5.82 Å². The van der Waals surface area contributed by atoms with Crippen molar-refractivity contribution in [2.75, 3.05) is 57.1 Å². The summed E-state index contributed by atoms with van der Waals surface area (Å²) >= 11 is 1.65. The first-order valence-electron chi connectivity index (χ1n) is 11.8. The number of thioether (sulfide) groups is 1. The molecule has 1 aromatic heterocycles. The first-order valence-corrected chi connectivity index (χ1v) is 12.8. The Hall–Kier alpha value is -2.11. The normalized spacial score (nSPS) is 14.6. The van der Waals surface area contributed by atoms with Gasteiger partial charge in [0.25, 0.3) is 0 Å². The fourth-order valence-corrected chi connectivity index (χ4v) is 5.22. The van der Waals surface area contributed by atoms with E-state index in [2.05, 4.69) is 54.0 Å². The molecule has 1 fully saturated rings. The topological polar surface area (TPSA) is 72.6 Å². The zero-order valence-electron chi connectivity index (χ0n) is 20.1. The average Bonchev–Trinajstić information content (AvgIpc) is 2.83. The van der Waals surface area contributed by atoms with E-state index in [9.17, 15) is 10.4 Å². The maximum atomic E-state index is 10.3. The highest BCUT2D eigenvalue weighted by atomic mass is 32.2. The number of pyridine rings is 1. The van der Waals surface area contributed by atoms with Gasteiger partial charge in [0.1, 0.15) is 16.9 Å². The van der Waals surface area contributed by atoms with Gasteiger partial charge in [-0.1, -0.05) is 44.2 Å². The fourth-order valence-electron chi connectivity index (χ4n) is 4.23. The van der Waals surface area contributed by atoms with Crippen LogP contribution in [0.25, 0.3) is 0 Å². The molecule has 0 bridgehead atoms. The number of rotatable bonds is 11. The molecule has 1 aliphatic rings. The quantitative estimate of drug-likeness (QED) is 0.504. The molecule has 2 aromatic rings. The molecule has 33 heavy (non-hydrogen) atoms. The summed E-state index contributed by atoms with van der Waals surface area (Å²) in [6, 6.07) is 12.8. The Labute approximate surface area is 202 Å². The Morgan fingerprint density at radius 3 is 2.48 bits per heavy atom. The van der Waals surface area contributed by atoms with Gasteiger partial charge >= 0.3 is 0 Å². The number of methoxy groups -OCH3 is 1. The van der Waals surface area contributed by atoms with Gasteiger partial charge in [0.15, 0.2) is 0 Å². The van der Waals surface area contributed by atoms with E-state index in [1.54, 1.807) is 18.9 Å². The van der Waals surface area contributed by atoms with Crippen LogP contribution in [0.1, 0.15) is 36.1 Å². The number of benzene rings is 1. The number of aliphatic hydroxyl groups excluding tert-OH is 1. The summed E-state index contributed by atoms with van der Waals surface area (Å²) in [6.07, 6.45) is 1.68. The molecule has 0 saturated carbocycles. The highest BCUT2D eigenvalue weighted by Crippen LogP contribution is 2.34. The summed E-state index contributed by atoms with van der Waals surface area (Å²) < 4.78 is 5.22. The van der Waals surface area contributed by atoms with Crippen LogP contribution >= 0.6 is 11.8 Å². The van der Waals surface area contributed by atoms with Gasteiger partial charge in [-0.05, 0) is 29.9 Å². The smallest absolute Gasteiger partial charge is 0.135 e. The number of aromatic nitrogens is 1. The van der Waals surface area contributed by atoms with E-state index in [4.69, 9.17) is 9.72 Å². The second kappa shape index (κ2) is 13.0. The Kier molecular flexibility index (Phi) is 10.0. The standard InChI is InChI=1S/C26H36N4O2S/c1-20(2)17-22-23(18-27)26(33-16-9-21-7-5-4-6-8-21)28-25(24(22)19-31)30-12-10-29(11-13-30)14-15-32-3/h4-8,20,31H,9-17,19H2,1-3H3. The third-order valence-corrected chi connectivity index (χ3v) is 6.97. The molecule has 1 saturated heterocycles. The lowest BCUT2D eigenvalue weighted by Crippen LogP contribution is -2.48. The van der Waals surface area contributed by atoms with Crippen LogP contribution in [0.5, 0.6) is 0 Å². The van der Waals surface area contributed by atoms with E-state index in [1.807, 2.05) is 6.07 Å². The second-order valence-corrected chi connectivity index (χ2v) is 9.93. The van der Waals surface area contributed by atoms with Crippen molar-refractivity contribution in [3.8, 4) is 6.07 Å². The first kappa shape index (κ1) is 25.5. The van der Waals surface area contributed by atoms with Crippen molar-refractivity contribution in [2.24, 2.45) is 5.92 Å². The van der Waals surface area contributed by atoms with E-state index in [-0.39, 0.29) is 6.61 Å². The summed E-state index contributed by atoms with van der Waals surface area (Å²) in [7, 11) is 1.73. The molecule has 0 atom stereocenters. The monoisotopic (exact) mass is 468 g/mol. The van der Waals surface area contributed by atoms with Gasteiger partial charge in [-0.15, -0.1) is 11.8 Å². The van der Waals surface area contributed by atoms with E-state index < -0.39 is 0 Å². The van der Waals surface area contributed by atoms with Crippen molar-refractivity contribution in [1.29, 1.82) is 5.26 Å². The number of aryl methyl sites for hydroxylation is 1. The highest BCUT2D eigenvalue weighted by Gasteiger charge is 2.26. The molecule has 7 heteroatoms. The summed E-state index contributed by atoms with van der Waals surface area (Å²) in [6.45, 7) is 9.44. The molecule has 2 heterocycles. The average molecular weight is 469 g/mol. The van der Waals surface area contributed by atoms with Gasteiger partial charge in [-0.3, -0.25) is 4.90 Å². The number of hydrogen-bond donors (Lipinski definition) is 1. The molecular formula is C26H36N4O2S. The molecule has 0 unspecified atom stereocenters. The largest absolute Gasteiger partial charge is 0.392 e. The Morgan fingerprint density at radius 2 is 1.88 bits per heavy atom. The lowest BCUT2D eigenvalue weighted by Gasteiger charge is -2.36. The van der Waals surface area contributed by atoms with Crippen molar-refractivity contribution >= 4 is 17.6 Å². The number of ether oxygens (including phenoxy) is 1. The summed E-state index contributed by atoms with van der Waals surface area (Å²) in [5.41, 5.74) is 3.70. The third-order valence-electron chi connectivity index (χ3n) is 6.00. The summed E-state index contributed by atoms with van der Waals surface area (Å²) in [5.74, 6) is 2.08. The number of nitrogens with zero attached hydrogens (tertiary/aromatic N) is 4. The van der Waals surface area contributed by atoms with Gasteiger partial charge in [0.2, 0.25) is 0 Å². The van der Waals surface area contributed by atoms with Crippen LogP contribution in [0, 0.1) is 17.2 Å². The Morgan fingerprint density at radius 1 is 1.15 bits per heavy atom. The van der Waals surface area contributed by atoms with Crippen LogP contribution in [0.15, 0.2) is 35.4 Å². The second-order valence-electron chi connectivity index (χ2n) is 8.85. The predicted octanol–water partition coefficient (Wildman–Crippen LogP) is 3.75. The number of hydrogen-bond acceptors (Lipinski definition) is 7. The molecule has 0 spiro atoms. The zero-order chi connectivity index (χ0) is 23.6. The summed E-state index contributed by atoms with van der Waals surface area (Å²) in [4.78, 5) is 9.66. The minimum absolute atomic E-state index is 0.0993. The molecule has 1 aliphatic heterocycles. The third kappa shape index (κ3) is 6.94. The summed E-state index contributed by atoms with van der Waals surface area (Å²) in [5, 5.41) is 21.2. The van der Waals surface area contributed by atoms with Crippen LogP contribution < -0.4 is 4.90 Å². The van der Waals surface area contributed by atoms with Gasteiger partial charge in [0.05, 0.1) is 18.8 Å². The van der Waals surface area contributed by atoms with Gasteiger partial charge < -0.3 is 14.7 Å². The predicted molar refractivity (Wildman–Crippen MR) is 135 cm³/mol. The van der Waals surface area contributed by atoms with Crippen LogP contribution in [0.2, 0.25) is 0 Å². The number of aliphatic hydroxyl groups is 1. The number of nitriles is 1. The van der Waals surface area contributed by atoms with E-state index in [1.165, 1.54) is 5.56 Å². The minimum Gasteiger partial charge on any atom is -0.392 e. The van der Waals surface area contributed by atoms with Gasteiger partial charge in [0, 0.05) is 51.1 Å². The van der Waals surface area contributed by atoms with Crippen molar-refractivity contribution in [1.82, 2.24) is 9.88 Å². The molecule has 0 aliphatic carbocycles. The maximum Gasteiger partial charge on any atom is 0.135 e. The van der Waals surface area contributed by atoms with Gasteiger partial charge in [-0.25, -0.2) is 4.98 Å². The van der Waals surface area contributed by atoms with Crippen molar-refractivity contribution in [2.45, 2.75) is 38.3 Å². The Bertz CT molecular complexity index is 922. The lowest BCUT2D eigenvalue weighted by atomic mass is 9.95. The fraction of sp³-hybridized carbons (Fsp3) is 0.538. The highest BCUT2D eigenvalue weighted by molar-refractivity contribution is 7.99. The number of piperazine rings is 1. The maximum absolute atomic E-state index is 10.3. The molecular weight excluding hydrogens is 432 g/mol. The van der Waals surface area contributed by atoms with E-state index in [0.717, 1.165) is 79.9 Å². The molecule has 0 radical (unpaired) electrons. The molecule has 0 amide bonds. The molecule has 1 N–H and O–H groups in total. The van der Waals surface area contributed by atoms with Crippen molar-refractivity contribution in [3.63, 3.8) is 0 Å². The zero-order valence-corrected chi connectivity index (χ0v) is 20.9. The van der Waals surface area contributed by atoms with Crippen LogP contribution in [-0.2, 0) is 24.2 Å². The minimum atomic E-state index is -0.0993. The lowest BCUT2D eigenvalue weighted by molar-refractivity contribution is 0.143. The Balaban J connectivity index is 1.87. The molecule has 1 aromatic carbocycles. The van der Waals surface area contributed by atoms with E-state index in [0.29, 0.717) is 11.5 Å². The van der Waals surface area contributed by atoms with Gasteiger partial charge in [-0.2, -0.15) is 5.26 Å². The molecule has 3 rings (SSSR count). The van der Waals surface area contributed by atoms with Crippen molar-refractivity contribution < 1.29 is 9.84 Å². The van der Waals surface area contributed by atoms with Crippen LogP contribution in [0.3, 0.4) is 0 Å². The molecule has 178 valence electrons. The van der Waals surface area contributed by atoms with Crippen LogP contribution in [-0.4, -0.2) is 67.2 Å². The molecule has 6 nitrogen and oxygen atoms in total. The van der Waals surface area contributed by atoms with Crippen molar-refractivity contribution in [3.05, 3.63) is 52.6 Å². The van der Waals surface area contributed by atoms with E-state index >= 15 is 0 Å². The first-order chi connectivity index (χ1) is 16.1. The number of anilines is 1.